The molecule has 0 spiro atoms. The van der Waals surface area contributed by atoms with E-state index in [1.54, 1.807) is 25.1 Å². The van der Waals surface area contributed by atoms with Gasteiger partial charge in [0.05, 0.1) is 17.7 Å². The van der Waals surface area contributed by atoms with Crippen LogP contribution < -0.4 is 5.73 Å². The Bertz CT molecular complexity index is 359. The monoisotopic (exact) mass is 243 g/mol. The second-order valence-corrected chi connectivity index (χ2v) is 3.88. The van der Waals surface area contributed by atoms with E-state index in [0.29, 0.717) is 6.42 Å². The second kappa shape index (κ2) is 5.72. The summed E-state index contributed by atoms with van der Waals surface area (Å²) in [5, 5.41) is 9.27. The summed E-state index contributed by atoms with van der Waals surface area (Å²) in [7, 11) is 0. The highest BCUT2D eigenvalue weighted by Gasteiger charge is 2.15. The minimum atomic E-state index is -0.566. The van der Waals surface area contributed by atoms with E-state index < -0.39 is 12.1 Å². The molecule has 0 aliphatic rings. The maximum Gasteiger partial charge on any atom is 0.341 e. The Morgan fingerprint density at radius 2 is 2.31 bits per heavy atom. The number of aliphatic hydroxyl groups is 1. The normalized spacial score (nSPS) is 12.2. The van der Waals surface area contributed by atoms with Crippen LogP contribution in [-0.4, -0.2) is 23.8 Å². The Morgan fingerprint density at radius 1 is 1.62 bits per heavy atom. The third-order valence-corrected chi connectivity index (χ3v) is 2.33. The number of carbonyl (C=O) groups excluding carboxylic acids is 1. The molecule has 5 heteroatoms. The van der Waals surface area contributed by atoms with E-state index in [-0.39, 0.29) is 22.9 Å². The van der Waals surface area contributed by atoms with Crippen molar-refractivity contribution in [2.24, 2.45) is 0 Å². The van der Waals surface area contributed by atoms with Crippen molar-refractivity contribution in [2.75, 3.05) is 12.3 Å². The molecule has 0 saturated heterocycles. The quantitative estimate of drug-likeness (QED) is 0.625. The third-order valence-electron chi connectivity index (χ3n) is 2.02. The van der Waals surface area contributed by atoms with Gasteiger partial charge in [-0.3, -0.25) is 0 Å². The Morgan fingerprint density at radius 3 is 2.88 bits per heavy atom. The first-order chi connectivity index (χ1) is 7.52. The van der Waals surface area contributed by atoms with Crippen molar-refractivity contribution in [1.82, 2.24) is 0 Å². The molecule has 0 saturated carbocycles. The number of benzene rings is 1. The average molecular weight is 244 g/mol. The van der Waals surface area contributed by atoms with Crippen molar-refractivity contribution in [3.63, 3.8) is 0 Å². The fraction of sp³-hybridized carbons (Fsp3) is 0.364. The summed E-state index contributed by atoms with van der Waals surface area (Å²) < 4.78 is 4.94. The van der Waals surface area contributed by atoms with Gasteiger partial charge in [0.15, 0.2) is 0 Å². The van der Waals surface area contributed by atoms with Gasteiger partial charge in [-0.2, -0.15) is 0 Å². The van der Waals surface area contributed by atoms with Crippen LogP contribution in [0.4, 0.5) is 5.69 Å². The highest BCUT2D eigenvalue weighted by molar-refractivity contribution is 6.34. The Labute approximate surface area is 99.0 Å². The first kappa shape index (κ1) is 12.8. The molecule has 0 radical (unpaired) electrons. The van der Waals surface area contributed by atoms with E-state index in [0.717, 1.165) is 0 Å². The predicted octanol–water partition coefficient (Wildman–Crippen LogP) is 1.85. The van der Waals surface area contributed by atoms with Crippen molar-refractivity contribution in [2.45, 2.75) is 19.4 Å². The molecule has 1 unspecified atom stereocenters. The standard InChI is InChI=1S/C11H14ClNO3/c1-7(14)5-6-16-11(15)10-8(12)3-2-4-9(10)13/h2-4,7,14H,5-6,13H2,1H3. The molecule has 0 fully saturated rings. The summed E-state index contributed by atoms with van der Waals surface area (Å²) in [6.45, 7) is 1.76. The summed E-state index contributed by atoms with van der Waals surface area (Å²) >= 11 is 5.84. The average Bonchev–Trinajstić information content (AvgIpc) is 2.16. The number of anilines is 1. The number of esters is 1. The summed E-state index contributed by atoms with van der Waals surface area (Å²) in [5.74, 6) is -0.566. The summed E-state index contributed by atoms with van der Waals surface area (Å²) in [6, 6.07) is 4.81. The second-order valence-electron chi connectivity index (χ2n) is 3.48. The van der Waals surface area contributed by atoms with Crippen LogP contribution in [0.3, 0.4) is 0 Å². The molecule has 0 bridgehead atoms. The fourth-order valence-electron chi connectivity index (χ4n) is 1.15. The zero-order valence-corrected chi connectivity index (χ0v) is 9.70. The van der Waals surface area contributed by atoms with Gasteiger partial charge in [-0.15, -0.1) is 0 Å². The van der Waals surface area contributed by atoms with Crippen LogP contribution in [0, 0.1) is 0 Å². The SMILES string of the molecule is CC(O)CCOC(=O)c1c(N)cccc1Cl. The summed E-state index contributed by atoms with van der Waals surface area (Å²) in [5.41, 5.74) is 6.08. The lowest BCUT2D eigenvalue weighted by Crippen LogP contribution is -2.13. The van der Waals surface area contributed by atoms with Crippen LogP contribution in [0.25, 0.3) is 0 Å². The number of rotatable bonds is 4. The number of halogens is 1. The first-order valence-corrected chi connectivity index (χ1v) is 5.29. The third kappa shape index (κ3) is 3.40. The molecule has 88 valence electrons. The lowest BCUT2D eigenvalue weighted by atomic mass is 10.2. The lowest BCUT2D eigenvalue weighted by molar-refractivity contribution is 0.0446. The number of carbonyl (C=O) groups is 1. The molecule has 1 atom stereocenters. The molecule has 0 aromatic heterocycles. The number of aliphatic hydroxyl groups excluding tert-OH is 1. The van der Waals surface area contributed by atoms with Gasteiger partial charge in [-0.1, -0.05) is 17.7 Å². The van der Waals surface area contributed by atoms with Gasteiger partial charge in [0.2, 0.25) is 0 Å². The molecule has 0 amide bonds. The zero-order chi connectivity index (χ0) is 12.1. The van der Waals surface area contributed by atoms with E-state index in [9.17, 15) is 4.79 Å². The molecule has 4 nitrogen and oxygen atoms in total. The highest BCUT2D eigenvalue weighted by atomic mass is 35.5. The molecule has 1 aromatic rings. The van der Waals surface area contributed by atoms with Gasteiger partial charge in [0, 0.05) is 12.1 Å². The number of nitrogens with two attached hydrogens (primary N) is 1. The summed E-state index contributed by atoms with van der Waals surface area (Å²) in [4.78, 5) is 11.6. The largest absolute Gasteiger partial charge is 0.462 e. The molecule has 3 N–H and O–H groups in total. The maximum absolute atomic E-state index is 11.6. The van der Waals surface area contributed by atoms with E-state index in [4.69, 9.17) is 27.2 Å². The Kier molecular flexibility index (Phi) is 4.58. The fourth-order valence-corrected chi connectivity index (χ4v) is 1.41. The molecule has 16 heavy (non-hydrogen) atoms. The smallest absolute Gasteiger partial charge is 0.341 e. The number of hydrogen-bond acceptors (Lipinski definition) is 4. The van der Waals surface area contributed by atoms with Gasteiger partial charge in [0.1, 0.15) is 5.56 Å². The van der Waals surface area contributed by atoms with Gasteiger partial charge in [-0.25, -0.2) is 4.79 Å². The zero-order valence-electron chi connectivity index (χ0n) is 8.94. The number of hydrogen-bond donors (Lipinski definition) is 2. The Hall–Kier alpha value is -1.26. The highest BCUT2D eigenvalue weighted by Crippen LogP contribution is 2.22. The van der Waals surface area contributed by atoms with Crippen molar-refractivity contribution < 1.29 is 14.6 Å². The molecule has 1 aromatic carbocycles. The molecule has 1 rings (SSSR count). The maximum atomic E-state index is 11.6. The molecule has 0 aliphatic carbocycles. The van der Waals surface area contributed by atoms with Gasteiger partial charge in [-0.05, 0) is 19.1 Å². The van der Waals surface area contributed by atoms with Crippen LogP contribution in [0.5, 0.6) is 0 Å². The summed E-state index contributed by atoms with van der Waals surface area (Å²) in [6.07, 6.45) is -0.118. The predicted molar refractivity (Wildman–Crippen MR) is 62.4 cm³/mol. The van der Waals surface area contributed by atoms with Crippen molar-refractivity contribution >= 4 is 23.3 Å². The van der Waals surface area contributed by atoms with E-state index >= 15 is 0 Å². The molecule has 0 aliphatic heterocycles. The minimum Gasteiger partial charge on any atom is -0.462 e. The van der Waals surface area contributed by atoms with E-state index in [1.807, 2.05) is 0 Å². The van der Waals surface area contributed by atoms with Gasteiger partial charge >= 0.3 is 5.97 Å². The van der Waals surface area contributed by atoms with Crippen LogP contribution >= 0.6 is 11.6 Å². The lowest BCUT2D eigenvalue weighted by Gasteiger charge is -2.09. The number of ether oxygens (including phenoxy) is 1. The topological polar surface area (TPSA) is 72.5 Å². The van der Waals surface area contributed by atoms with Crippen LogP contribution in [-0.2, 0) is 4.74 Å². The van der Waals surface area contributed by atoms with E-state index in [2.05, 4.69) is 0 Å². The molecule has 0 heterocycles. The number of nitrogen functional groups attached to an aromatic ring is 1. The van der Waals surface area contributed by atoms with Crippen molar-refractivity contribution in [3.05, 3.63) is 28.8 Å². The van der Waals surface area contributed by atoms with Crippen LogP contribution in [0.15, 0.2) is 18.2 Å². The molecular weight excluding hydrogens is 230 g/mol. The van der Waals surface area contributed by atoms with Crippen LogP contribution in [0.1, 0.15) is 23.7 Å². The van der Waals surface area contributed by atoms with E-state index in [1.165, 1.54) is 0 Å². The molecular formula is C11H14ClNO3. The first-order valence-electron chi connectivity index (χ1n) is 4.91. The van der Waals surface area contributed by atoms with Crippen molar-refractivity contribution in [3.8, 4) is 0 Å². The van der Waals surface area contributed by atoms with Gasteiger partial charge < -0.3 is 15.6 Å². The van der Waals surface area contributed by atoms with Gasteiger partial charge in [0.25, 0.3) is 0 Å². The Balaban J connectivity index is 2.66. The van der Waals surface area contributed by atoms with Crippen molar-refractivity contribution in [1.29, 1.82) is 0 Å². The van der Waals surface area contributed by atoms with Crippen LogP contribution in [0.2, 0.25) is 5.02 Å². The minimum absolute atomic E-state index is 0.140.